The molecule has 0 amide bonds. The summed E-state index contributed by atoms with van der Waals surface area (Å²) in [7, 11) is 0. The molecule has 0 aliphatic carbocycles. The number of alkyl halides is 2. The molecule has 0 spiro atoms. The highest BCUT2D eigenvalue weighted by Gasteiger charge is 2.20. The average molecular weight is 265 g/mol. The van der Waals surface area contributed by atoms with Gasteiger partial charge in [-0.15, -0.1) is 0 Å². The van der Waals surface area contributed by atoms with E-state index in [1.807, 2.05) is 0 Å². The fourth-order valence-electron chi connectivity index (χ4n) is 1.12. The van der Waals surface area contributed by atoms with Crippen molar-refractivity contribution in [3.8, 4) is 5.75 Å². The maximum absolute atomic E-state index is 12.4. The van der Waals surface area contributed by atoms with Crippen LogP contribution >= 0.6 is 15.9 Å². The SMILES string of the molecule is CC(=O)c1c(C(F)F)ccc(O)c1Br. The Morgan fingerprint density at radius 2 is 2.07 bits per heavy atom. The number of phenolic OH excluding ortho intramolecular Hbond substituents is 1. The zero-order valence-electron chi connectivity index (χ0n) is 7.22. The maximum Gasteiger partial charge on any atom is 0.264 e. The van der Waals surface area contributed by atoms with Gasteiger partial charge in [0, 0.05) is 11.1 Å². The summed E-state index contributed by atoms with van der Waals surface area (Å²) in [6.45, 7) is 1.17. The number of carbonyl (C=O) groups excluding carboxylic acids is 1. The second-order valence-electron chi connectivity index (χ2n) is 2.72. The Kier molecular flexibility index (Phi) is 3.21. The van der Waals surface area contributed by atoms with Crippen LogP contribution in [-0.2, 0) is 0 Å². The number of carbonyl (C=O) groups is 1. The van der Waals surface area contributed by atoms with Crippen molar-refractivity contribution in [3.63, 3.8) is 0 Å². The molecule has 1 aromatic carbocycles. The Morgan fingerprint density at radius 3 is 2.50 bits per heavy atom. The fourth-order valence-corrected chi connectivity index (χ4v) is 1.76. The lowest BCUT2D eigenvalue weighted by atomic mass is 10.0. The minimum atomic E-state index is -2.73. The molecule has 0 heterocycles. The summed E-state index contributed by atoms with van der Waals surface area (Å²) in [6.07, 6.45) is -2.73. The number of ketones is 1. The van der Waals surface area contributed by atoms with Crippen LogP contribution in [0.1, 0.15) is 29.3 Å². The number of Topliss-reactive ketones (excluding diaryl/α,β-unsaturated/α-hetero) is 1. The van der Waals surface area contributed by atoms with E-state index in [-0.39, 0.29) is 21.3 Å². The molecule has 0 saturated carbocycles. The van der Waals surface area contributed by atoms with Gasteiger partial charge in [-0.25, -0.2) is 8.78 Å². The van der Waals surface area contributed by atoms with E-state index in [1.54, 1.807) is 0 Å². The Bertz CT molecular complexity index is 377. The standard InChI is InChI=1S/C9H7BrF2O2/c1-4(13)7-5(9(11)12)2-3-6(14)8(7)10/h2-3,9,14H,1H3. The van der Waals surface area contributed by atoms with Crippen LogP contribution in [0.4, 0.5) is 8.78 Å². The first kappa shape index (κ1) is 11.1. The molecule has 0 fully saturated rings. The lowest BCUT2D eigenvalue weighted by Crippen LogP contribution is -2.01. The van der Waals surface area contributed by atoms with E-state index < -0.39 is 12.2 Å². The van der Waals surface area contributed by atoms with E-state index in [0.29, 0.717) is 0 Å². The number of hydrogen-bond acceptors (Lipinski definition) is 2. The van der Waals surface area contributed by atoms with Crippen molar-refractivity contribution in [1.82, 2.24) is 0 Å². The molecular weight excluding hydrogens is 258 g/mol. The second kappa shape index (κ2) is 4.04. The van der Waals surface area contributed by atoms with Gasteiger partial charge in [0.25, 0.3) is 6.43 Å². The van der Waals surface area contributed by atoms with Gasteiger partial charge < -0.3 is 5.11 Å². The first-order chi connectivity index (χ1) is 6.45. The van der Waals surface area contributed by atoms with Gasteiger partial charge in [-0.3, -0.25) is 4.79 Å². The van der Waals surface area contributed by atoms with Gasteiger partial charge in [0.2, 0.25) is 0 Å². The monoisotopic (exact) mass is 264 g/mol. The summed E-state index contributed by atoms with van der Waals surface area (Å²) in [4.78, 5) is 11.1. The molecule has 14 heavy (non-hydrogen) atoms. The van der Waals surface area contributed by atoms with Crippen LogP contribution in [0.25, 0.3) is 0 Å². The van der Waals surface area contributed by atoms with Crippen molar-refractivity contribution in [2.45, 2.75) is 13.3 Å². The topological polar surface area (TPSA) is 37.3 Å². The van der Waals surface area contributed by atoms with Crippen molar-refractivity contribution in [3.05, 3.63) is 27.7 Å². The molecule has 1 rings (SSSR count). The highest BCUT2D eigenvalue weighted by Crippen LogP contribution is 2.34. The molecule has 0 bridgehead atoms. The minimum Gasteiger partial charge on any atom is -0.507 e. The van der Waals surface area contributed by atoms with Crippen LogP contribution < -0.4 is 0 Å². The first-order valence-corrected chi connectivity index (χ1v) is 4.55. The molecule has 0 aliphatic rings. The van der Waals surface area contributed by atoms with Crippen LogP contribution in [0, 0.1) is 0 Å². The quantitative estimate of drug-likeness (QED) is 0.833. The lowest BCUT2D eigenvalue weighted by molar-refractivity contribution is 0.0997. The molecule has 0 radical (unpaired) electrons. The van der Waals surface area contributed by atoms with Gasteiger partial charge in [0.05, 0.1) is 4.47 Å². The molecule has 0 aliphatic heterocycles. The smallest absolute Gasteiger partial charge is 0.264 e. The Hall–Kier alpha value is -0.970. The predicted octanol–water partition coefficient (Wildman–Crippen LogP) is 3.29. The predicted molar refractivity (Wildman–Crippen MR) is 50.8 cm³/mol. The summed E-state index contributed by atoms with van der Waals surface area (Å²) < 4.78 is 24.9. The van der Waals surface area contributed by atoms with Crippen molar-refractivity contribution < 1.29 is 18.7 Å². The largest absolute Gasteiger partial charge is 0.507 e. The Morgan fingerprint density at radius 1 is 1.50 bits per heavy atom. The molecule has 0 unspecified atom stereocenters. The minimum absolute atomic E-state index is 0.0165. The van der Waals surface area contributed by atoms with Crippen molar-refractivity contribution in [2.24, 2.45) is 0 Å². The zero-order valence-corrected chi connectivity index (χ0v) is 8.81. The molecule has 5 heteroatoms. The number of benzene rings is 1. The number of aromatic hydroxyl groups is 1. The molecule has 0 aromatic heterocycles. The van der Waals surface area contributed by atoms with Gasteiger partial charge in [-0.1, -0.05) is 0 Å². The summed E-state index contributed by atoms with van der Waals surface area (Å²) in [5.74, 6) is -0.734. The van der Waals surface area contributed by atoms with Crippen molar-refractivity contribution in [2.75, 3.05) is 0 Å². The van der Waals surface area contributed by atoms with E-state index >= 15 is 0 Å². The molecule has 0 atom stereocenters. The highest BCUT2D eigenvalue weighted by molar-refractivity contribution is 9.10. The molecule has 1 N–H and O–H groups in total. The van der Waals surface area contributed by atoms with Gasteiger partial charge in [-0.05, 0) is 35.0 Å². The summed E-state index contributed by atoms with van der Waals surface area (Å²) in [5, 5.41) is 9.21. The van der Waals surface area contributed by atoms with Gasteiger partial charge in [0.15, 0.2) is 5.78 Å². The molecule has 76 valence electrons. The number of hydrogen-bond donors (Lipinski definition) is 1. The van der Waals surface area contributed by atoms with Crippen LogP contribution in [0.15, 0.2) is 16.6 Å². The molecule has 0 saturated heterocycles. The summed E-state index contributed by atoms with van der Waals surface area (Å²) in [5.41, 5.74) is -0.540. The van der Waals surface area contributed by atoms with Crippen LogP contribution in [0.3, 0.4) is 0 Å². The van der Waals surface area contributed by atoms with E-state index in [2.05, 4.69) is 15.9 Å². The van der Waals surface area contributed by atoms with Crippen LogP contribution in [-0.4, -0.2) is 10.9 Å². The van der Waals surface area contributed by atoms with E-state index in [1.165, 1.54) is 6.92 Å². The summed E-state index contributed by atoms with van der Waals surface area (Å²) >= 11 is 2.90. The van der Waals surface area contributed by atoms with E-state index in [4.69, 9.17) is 0 Å². The Balaban J connectivity index is 3.45. The average Bonchev–Trinajstić information content (AvgIpc) is 2.08. The number of rotatable bonds is 2. The van der Waals surface area contributed by atoms with Gasteiger partial charge in [0.1, 0.15) is 5.75 Å². The van der Waals surface area contributed by atoms with Crippen LogP contribution in [0.5, 0.6) is 5.75 Å². The number of phenols is 1. The molecule has 2 nitrogen and oxygen atoms in total. The molecular formula is C9H7BrF2O2. The third-order valence-corrected chi connectivity index (χ3v) is 2.54. The van der Waals surface area contributed by atoms with E-state index in [9.17, 15) is 18.7 Å². The van der Waals surface area contributed by atoms with Crippen molar-refractivity contribution >= 4 is 21.7 Å². The lowest BCUT2D eigenvalue weighted by Gasteiger charge is -2.09. The van der Waals surface area contributed by atoms with E-state index in [0.717, 1.165) is 12.1 Å². The highest BCUT2D eigenvalue weighted by atomic mass is 79.9. The Labute approximate surface area is 87.7 Å². The van der Waals surface area contributed by atoms with Crippen molar-refractivity contribution in [1.29, 1.82) is 0 Å². The summed E-state index contributed by atoms with van der Waals surface area (Å²) in [6, 6.07) is 2.17. The fraction of sp³-hybridized carbons (Fsp3) is 0.222. The van der Waals surface area contributed by atoms with Crippen LogP contribution in [0.2, 0.25) is 0 Å². The maximum atomic E-state index is 12.4. The van der Waals surface area contributed by atoms with Gasteiger partial charge in [-0.2, -0.15) is 0 Å². The third kappa shape index (κ3) is 1.92. The zero-order chi connectivity index (χ0) is 10.9. The molecule has 1 aromatic rings. The second-order valence-corrected chi connectivity index (χ2v) is 3.51. The first-order valence-electron chi connectivity index (χ1n) is 3.75. The number of halogens is 3. The third-order valence-electron chi connectivity index (χ3n) is 1.74. The van der Waals surface area contributed by atoms with Gasteiger partial charge >= 0.3 is 0 Å². The normalized spacial score (nSPS) is 10.6.